The predicted octanol–water partition coefficient (Wildman–Crippen LogP) is 0.662. The molecule has 14 heavy (non-hydrogen) atoms. The van der Waals surface area contributed by atoms with E-state index in [0.29, 0.717) is 0 Å². The molecule has 78 valence electrons. The van der Waals surface area contributed by atoms with E-state index in [1.165, 1.54) is 6.07 Å². The van der Waals surface area contributed by atoms with Crippen LogP contribution in [0.5, 0.6) is 0 Å². The molecule has 0 saturated carbocycles. The van der Waals surface area contributed by atoms with E-state index in [1.807, 2.05) is 4.72 Å². The summed E-state index contributed by atoms with van der Waals surface area (Å²) in [4.78, 5) is 11.1. The maximum absolute atomic E-state index is 11.1. The van der Waals surface area contributed by atoms with E-state index in [1.54, 1.807) is 6.92 Å². The molecule has 1 aromatic rings. The molecule has 0 aromatic carbocycles. The monoisotopic (exact) mass is 218 g/mol. The summed E-state index contributed by atoms with van der Waals surface area (Å²) >= 11 is -2.47. The number of hydrogen-bond acceptors (Lipinski definition) is 5. The maximum Gasteiger partial charge on any atom is 0.341 e. The summed E-state index contributed by atoms with van der Waals surface area (Å²) in [5, 5.41) is 0. The van der Waals surface area contributed by atoms with Crippen LogP contribution in [0, 0.1) is 0 Å². The van der Waals surface area contributed by atoms with Gasteiger partial charge in [0, 0.05) is 17.3 Å². The largest absolute Gasteiger partial charge is 0.755 e. The maximum atomic E-state index is 11.1. The molecule has 0 aliphatic rings. The van der Waals surface area contributed by atoms with Gasteiger partial charge in [0.2, 0.25) is 5.88 Å². The number of carbonyl (C=O) groups is 1. The molecule has 0 radical (unpaired) electrons. The number of furan rings is 1. The minimum Gasteiger partial charge on any atom is -0.755 e. The van der Waals surface area contributed by atoms with Gasteiger partial charge in [-0.3, -0.25) is 8.93 Å². The third kappa shape index (κ3) is 2.86. The molecule has 1 heterocycles. The molecule has 6 nitrogen and oxygen atoms in total. The van der Waals surface area contributed by atoms with Crippen LogP contribution in [0.3, 0.4) is 0 Å². The van der Waals surface area contributed by atoms with E-state index in [-0.39, 0.29) is 18.1 Å². The van der Waals surface area contributed by atoms with Crippen LogP contribution in [0.15, 0.2) is 16.7 Å². The SMILES string of the molecule is CCOC(=O)c1coc(NS(=O)[O-])c1. The molecule has 1 atom stereocenters. The Morgan fingerprint density at radius 1 is 1.79 bits per heavy atom. The second-order valence-electron chi connectivity index (χ2n) is 2.26. The Bertz CT molecular complexity index is 348. The van der Waals surface area contributed by atoms with Gasteiger partial charge in [-0.15, -0.1) is 0 Å². The molecule has 1 unspecified atom stereocenters. The Balaban J connectivity index is 2.67. The lowest BCUT2D eigenvalue weighted by atomic mass is 10.3. The van der Waals surface area contributed by atoms with Crippen molar-refractivity contribution in [3.05, 3.63) is 17.9 Å². The zero-order valence-corrected chi connectivity index (χ0v) is 8.13. The number of carbonyl (C=O) groups excluding carboxylic acids is 1. The number of ether oxygens (including phenoxy) is 1. The van der Waals surface area contributed by atoms with E-state index in [2.05, 4.69) is 4.74 Å². The molecular formula is C7H8NO5S-. The molecule has 1 N–H and O–H groups in total. The van der Waals surface area contributed by atoms with Crippen molar-refractivity contribution >= 4 is 23.1 Å². The molecule has 0 fully saturated rings. The topological polar surface area (TPSA) is 91.6 Å². The van der Waals surface area contributed by atoms with Crippen LogP contribution in [-0.2, 0) is 16.0 Å². The van der Waals surface area contributed by atoms with Gasteiger partial charge in [-0.05, 0) is 6.92 Å². The van der Waals surface area contributed by atoms with Crippen molar-refractivity contribution in [2.45, 2.75) is 6.92 Å². The molecule has 1 aromatic heterocycles. The molecule has 0 saturated heterocycles. The highest BCUT2D eigenvalue weighted by molar-refractivity contribution is 7.80. The second kappa shape index (κ2) is 4.77. The van der Waals surface area contributed by atoms with Crippen molar-refractivity contribution in [3.8, 4) is 0 Å². The van der Waals surface area contributed by atoms with Crippen LogP contribution in [0.4, 0.5) is 5.88 Å². The third-order valence-corrected chi connectivity index (χ3v) is 1.66. The molecule has 0 bridgehead atoms. The first kappa shape index (κ1) is 10.7. The molecule has 0 spiro atoms. The van der Waals surface area contributed by atoms with Crippen molar-refractivity contribution in [3.63, 3.8) is 0 Å². The van der Waals surface area contributed by atoms with Crippen molar-refractivity contribution in [1.82, 2.24) is 0 Å². The summed E-state index contributed by atoms with van der Waals surface area (Å²) in [6.45, 7) is 1.92. The zero-order valence-electron chi connectivity index (χ0n) is 7.31. The Labute approximate surface area is 82.7 Å². The first-order valence-electron chi connectivity index (χ1n) is 3.75. The van der Waals surface area contributed by atoms with Crippen molar-refractivity contribution in [2.24, 2.45) is 0 Å². The fraction of sp³-hybridized carbons (Fsp3) is 0.286. The lowest BCUT2D eigenvalue weighted by Crippen LogP contribution is -2.03. The highest BCUT2D eigenvalue weighted by atomic mass is 32.2. The fourth-order valence-electron chi connectivity index (χ4n) is 0.793. The zero-order chi connectivity index (χ0) is 10.6. The van der Waals surface area contributed by atoms with Gasteiger partial charge in [0.15, 0.2) is 0 Å². The number of hydrogen-bond donors (Lipinski definition) is 1. The molecule has 0 aliphatic carbocycles. The third-order valence-electron chi connectivity index (χ3n) is 1.29. The van der Waals surface area contributed by atoms with Gasteiger partial charge >= 0.3 is 5.97 Å². The Morgan fingerprint density at radius 2 is 2.50 bits per heavy atom. The van der Waals surface area contributed by atoms with Crippen LogP contribution < -0.4 is 4.72 Å². The normalized spacial score (nSPS) is 12.1. The van der Waals surface area contributed by atoms with E-state index >= 15 is 0 Å². The van der Waals surface area contributed by atoms with Crippen LogP contribution >= 0.6 is 0 Å². The van der Waals surface area contributed by atoms with Gasteiger partial charge in [0.25, 0.3) is 0 Å². The van der Waals surface area contributed by atoms with Crippen molar-refractivity contribution in [2.75, 3.05) is 11.3 Å². The van der Waals surface area contributed by atoms with Crippen LogP contribution in [0.1, 0.15) is 17.3 Å². The Morgan fingerprint density at radius 3 is 3.07 bits per heavy atom. The minimum absolute atomic E-state index is 0.0265. The molecule has 1 rings (SSSR count). The van der Waals surface area contributed by atoms with Gasteiger partial charge in [-0.1, -0.05) is 0 Å². The summed E-state index contributed by atoms with van der Waals surface area (Å²) in [6, 6.07) is 1.24. The summed E-state index contributed by atoms with van der Waals surface area (Å²) in [6.07, 6.45) is 1.12. The summed E-state index contributed by atoms with van der Waals surface area (Å²) < 4.78 is 31.7. The minimum atomic E-state index is -2.47. The number of nitrogens with one attached hydrogen (secondary N) is 1. The number of esters is 1. The van der Waals surface area contributed by atoms with Crippen LogP contribution in [0.2, 0.25) is 0 Å². The van der Waals surface area contributed by atoms with Crippen LogP contribution in [0.25, 0.3) is 0 Å². The van der Waals surface area contributed by atoms with Crippen molar-refractivity contribution < 1.29 is 22.7 Å². The lowest BCUT2D eigenvalue weighted by molar-refractivity contribution is 0.0525. The average molecular weight is 218 g/mol. The first-order valence-corrected chi connectivity index (χ1v) is 4.82. The molecule has 7 heteroatoms. The molecule has 0 amide bonds. The quantitative estimate of drug-likeness (QED) is 0.592. The predicted molar refractivity (Wildman–Crippen MR) is 47.2 cm³/mol. The van der Waals surface area contributed by atoms with Crippen LogP contribution in [-0.4, -0.2) is 21.3 Å². The van der Waals surface area contributed by atoms with Gasteiger partial charge < -0.3 is 13.7 Å². The highest BCUT2D eigenvalue weighted by Gasteiger charge is 2.10. The smallest absolute Gasteiger partial charge is 0.341 e. The number of anilines is 1. The van der Waals surface area contributed by atoms with Gasteiger partial charge in [-0.2, -0.15) is 0 Å². The van der Waals surface area contributed by atoms with E-state index in [4.69, 9.17) is 4.42 Å². The Kier molecular flexibility index (Phi) is 3.66. The lowest BCUT2D eigenvalue weighted by Gasteiger charge is -2.03. The van der Waals surface area contributed by atoms with E-state index in [0.717, 1.165) is 6.26 Å². The average Bonchev–Trinajstić information content (AvgIpc) is 2.52. The molecular weight excluding hydrogens is 210 g/mol. The summed E-state index contributed by atoms with van der Waals surface area (Å²) in [7, 11) is 0. The standard InChI is InChI=1S/C7H9NO5S/c1-2-12-7(9)5-3-6(13-4-5)8-14(10)11/h3-4,8H,2H2,1H3,(H,10,11)/p-1. The van der Waals surface area contributed by atoms with Crippen molar-refractivity contribution in [1.29, 1.82) is 0 Å². The van der Waals surface area contributed by atoms with Gasteiger partial charge in [-0.25, -0.2) is 4.79 Å². The van der Waals surface area contributed by atoms with Gasteiger partial charge in [0.1, 0.15) is 11.8 Å². The van der Waals surface area contributed by atoms with E-state index < -0.39 is 17.2 Å². The first-order chi connectivity index (χ1) is 6.63. The summed E-state index contributed by atoms with van der Waals surface area (Å²) in [5.41, 5.74) is 0.166. The summed E-state index contributed by atoms with van der Waals surface area (Å²) in [5.74, 6) is -0.581. The van der Waals surface area contributed by atoms with Gasteiger partial charge in [0.05, 0.1) is 6.61 Å². The molecule has 0 aliphatic heterocycles. The second-order valence-corrected chi connectivity index (χ2v) is 2.93. The highest BCUT2D eigenvalue weighted by Crippen LogP contribution is 2.14. The Hall–Kier alpha value is -1.34. The fourth-order valence-corrected chi connectivity index (χ4v) is 1.06. The number of rotatable bonds is 4. The van der Waals surface area contributed by atoms with E-state index in [9.17, 15) is 13.6 Å².